The van der Waals surface area contributed by atoms with Crippen molar-refractivity contribution in [2.75, 3.05) is 6.54 Å². The van der Waals surface area contributed by atoms with Crippen molar-refractivity contribution >= 4 is 0 Å². The average Bonchev–Trinajstić information content (AvgIpc) is 3.31. The molecule has 1 aromatic carbocycles. The van der Waals surface area contributed by atoms with E-state index in [4.69, 9.17) is 4.98 Å². The summed E-state index contributed by atoms with van der Waals surface area (Å²) in [6.45, 7) is 7.03. The van der Waals surface area contributed by atoms with Crippen molar-refractivity contribution in [3.63, 3.8) is 0 Å². The van der Waals surface area contributed by atoms with Crippen molar-refractivity contribution in [2.24, 2.45) is 0 Å². The van der Waals surface area contributed by atoms with Crippen LogP contribution in [0.3, 0.4) is 0 Å². The first kappa shape index (κ1) is 18.8. The Bertz CT molecular complexity index is 949. The highest BCUT2D eigenvalue weighted by molar-refractivity contribution is 5.30. The highest BCUT2D eigenvalue weighted by atomic mass is 19.1. The van der Waals surface area contributed by atoms with E-state index in [9.17, 15) is 4.39 Å². The molecule has 2 aromatic heterocycles. The molecular weight excluding hydrogens is 351 g/mol. The van der Waals surface area contributed by atoms with Gasteiger partial charge in [0.15, 0.2) is 0 Å². The van der Waals surface area contributed by atoms with Crippen LogP contribution >= 0.6 is 0 Å². The van der Waals surface area contributed by atoms with Gasteiger partial charge < -0.3 is 0 Å². The van der Waals surface area contributed by atoms with Crippen LogP contribution in [0.4, 0.5) is 4.39 Å². The van der Waals surface area contributed by atoms with Crippen LogP contribution in [0.1, 0.15) is 53.9 Å². The fourth-order valence-corrected chi connectivity index (χ4v) is 4.17. The second kappa shape index (κ2) is 8.23. The molecule has 4 rings (SSSR count). The Balaban J connectivity index is 1.54. The fraction of sp³-hybridized carbons (Fsp3) is 0.391. The van der Waals surface area contributed by atoms with E-state index in [1.807, 2.05) is 23.9 Å². The molecule has 5 heteroatoms. The Labute approximate surface area is 166 Å². The second-order valence-electron chi connectivity index (χ2n) is 7.68. The smallest absolute Gasteiger partial charge is 0.123 e. The number of halogens is 1. The molecule has 0 spiro atoms. The van der Waals surface area contributed by atoms with Gasteiger partial charge in [-0.2, -0.15) is 5.10 Å². The highest BCUT2D eigenvalue weighted by Gasteiger charge is 2.27. The number of benzene rings is 1. The third-order valence-electron chi connectivity index (χ3n) is 5.43. The first-order valence-electron chi connectivity index (χ1n) is 10.1. The number of hydrogen-bond donors (Lipinski definition) is 0. The van der Waals surface area contributed by atoms with E-state index in [1.165, 1.54) is 23.6 Å². The molecule has 0 saturated carbocycles. The second-order valence-corrected chi connectivity index (χ2v) is 7.68. The van der Waals surface area contributed by atoms with Crippen LogP contribution in [-0.4, -0.2) is 26.2 Å². The summed E-state index contributed by atoms with van der Waals surface area (Å²) in [5, 5.41) is 4.40. The molecule has 1 aliphatic rings. The van der Waals surface area contributed by atoms with Gasteiger partial charge in [-0.25, -0.2) is 4.39 Å². The standard InChI is InChI=1S/C23H27FN4/c1-3-28-16-20(14-25-28)15-27-9-5-8-23(27)22-13-19(10-17(2)26-22)11-18-6-4-7-21(24)12-18/h4,6-7,10,12-14,16,23H,3,5,8-9,11,15H2,1-2H3/t23-/m1/s1. The lowest BCUT2D eigenvalue weighted by atomic mass is 10.0. The minimum Gasteiger partial charge on any atom is -0.290 e. The van der Waals surface area contributed by atoms with Gasteiger partial charge in [0.25, 0.3) is 0 Å². The van der Waals surface area contributed by atoms with E-state index in [-0.39, 0.29) is 5.82 Å². The minimum absolute atomic E-state index is 0.182. The van der Waals surface area contributed by atoms with Crippen molar-refractivity contribution in [1.82, 2.24) is 19.7 Å². The van der Waals surface area contributed by atoms with Gasteiger partial charge in [0.05, 0.1) is 17.9 Å². The molecule has 0 bridgehead atoms. The van der Waals surface area contributed by atoms with Gasteiger partial charge in [-0.05, 0) is 75.0 Å². The molecular formula is C23H27FN4. The van der Waals surface area contributed by atoms with Crippen LogP contribution in [0.2, 0.25) is 0 Å². The number of hydrogen-bond acceptors (Lipinski definition) is 3. The number of aromatic nitrogens is 3. The molecule has 0 N–H and O–H groups in total. The van der Waals surface area contributed by atoms with E-state index in [0.717, 1.165) is 49.4 Å². The third-order valence-corrected chi connectivity index (χ3v) is 5.43. The lowest BCUT2D eigenvalue weighted by Gasteiger charge is -2.24. The highest BCUT2D eigenvalue weighted by Crippen LogP contribution is 2.33. The summed E-state index contributed by atoms with van der Waals surface area (Å²) in [5.41, 5.74) is 5.59. The summed E-state index contributed by atoms with van der Waals surface area (Å²) >= 11 is 0. The average molecular weight is 378 g/mol. The third kappa shape index (κ3) is 4.30. The summed E-state index contributed by atoms with van der Waals surface area (Å²) in [7, 11) is 0. The SMILES string of the molecule is CCn1cc(CN2CCC[C@@H]2c2cc(Cc3cccc(F)c3)cc(C)n2)cn1. The maximum absolute atomic E-state index is 13.5. The lowest BCUT2D eigenvalue weighted by molar-refractivity contribution is 0.244. The number of nitrogens with zero attached hydrogens (tertiary/aromatic N) is 4. The number of pyridine rings is 1. The molecule has 28 heavy (non-hydrogen) atoms. The van der Waals surface area contributed by atoms with Crippen LogP contribution in [0, 0.1) is 12.7 Å². The van der Waals surface area contributed by atoms with Gasteiger partial charge in [0, 0.05) is 30.5 Å². The van der Waals surface area contributed by atoms with Gasteiger partial charge in [0.1, 0.15) is 5.82 Å². The molecule has 1 fully saturated rings. The van der Waals surface area contributed by atoms with Crippen LogP contribution < -0.4 is 0 Å². The molecule has 1 aliphatic heterocycles. The van der Waals surface area contributed by atoms with Gasteiger partial charge in [-0.1, -0.05) is 12.1 Å². The monoisotopic (exact) mass is 378 g/mol. The molecule has 0 unspecified atom stereocenters. The maximum Gasteiger partial charge on any atom is 0.123 e. The number of rotatable bonds is 6. The van der Waals surface area contributed by atoms with Crippen LogP contribution in [0.25, 0.3) is 0 Å². The predicted octanol–water partition coefficient (Wildman–Crippen LogP) is 4.67. The Hall–Kier alpha value is -2.53. The zero-order chi connectivity index (χ0) is 19.5. The van der Waals surface area contributed by atoms with Crippen molar-refractivity contribution in [1.29, 1.82) is 0 Å². The molecule has 4 nitrogen and oxygen atoms in total. The Morgan fingerprint density at radius 2 is 2.04 bits per heavy atom. The first-order chi connectivity index (χ1) is 13.6. The molecule has 1 atom stereocenters. The molecule has 3 heterocycles. The van der Waals surface area contributed by atoms with Gasteiger partial charge in [-0.3, -0.25) is 14.6 Å². The van der Waals surface area contributed by atoms with Crippen LogP contribution in [0.5, 0.6) is 0 Å². The number of aryl methyl sites for hydroxylation is 2. The largest absolute Gasteiger partial charge is 0.290 e. The zero-order valence-electron chi connectivity index (χ0n) is 16.6. The van der Waals surface area contributed by atoms with Gasteiger partial charge in [0.2, 0.25) is 0 Å². The van der Waals surface area contributed by atoms with Crippen molar-refractivity contribution in [3.05, 3.63) is 82.7 Å². The molecule has 3 aromatic rings. The number of likely N-dealkylation sites (tertiary alicyclic amines) is 1. The quantitative estimate of drug-likeness (QED) is 0.625. The first-order valence-corrected chi connectivity index (χ1v) is 10.1. The van der Waals surface area contributed by atoms with Gasteiger partial charge >= 0.3 is 0 Å². The van der Waals surface area contributed by atoms with E-state index in [2.05, 4.69) is 35.3 Å². The normalized spacial score (nSPS) is 17.3. The topological polar surface area (TPSA) is 34.0 Å². The Kier molecular flexibility index (Phi) is 5.53. The predicted molar refractivity (Wildman–Crippen MR) is 108 cm³/mol. The van der Waals surface area contributed by atoms with E-state index in [1.54, 1.807) is 12.1 Å². The van der Waals surface area contributed by atoms with Crippen molar-refractivity contribution in [3.8, 4) is 0 Å². The summed E-state index contributed by atoms with van der Waals surface area (Å²) < 4.78 is 15.5. The molecule has 1 saturated heterocycles. The summed E-state index contributed by atoms with van der Waals surface area (Å²) in [4.78, 5) is 7.36. The van der Waals surface area contributed by atoms with Crippen LogP contribution in [-0.2, 0) is 19.5 Å². The summed E-state index contributed by atoms with van der Waals surface area (Å²) in [5.74, 6) is -0.182. The van der Waals surface area contributed by atoms with Crippen molar-refractivity contribution in [2.45, 2.75) is 52.2 Å². The van der Waals surface area contributed by atoms with Crippen LogP contribution in [0.15, 0.2) is 48.8 Å². The molecule has 0 radical (unpaired) electrons. The lowest BCUT2D eigenvalue weighted by Crippen LogP contribution is -2.23. The molecule has 0 aliphatic carbocycles. The summed E-state index contributed by atoms with van der Waals surface area (Å²) in [6, 6.07) is 11.5. The maximum atomic E-state index is 13.5. The van der Waals surface area contributed by atoms with Gasteiger partial charge in [-0.15, -0.1) is 0 Å². The minimum atomic E-state index is -0.182. The van der Waals surface area contributed by atoms with Crippen molar-refractivity contribution < 1.29 is 4.39 Å². The Morgan fingerprint density at radius 1 is 1.14 bits per heavy atom. The van der Waals surface area contributed by atoms with E-state index >= 15 is 0 Å². The van der Waals surface area contributed by atoms with E-state index in [0.29, 0.717) is 6.04 Å². The molecule has 0 amide bonds. The summed E-state index contributed by atoms with van der Waals surface area (Å²) in [6.07, 6.45) is 7.13. The van der Waals surface area contributed by atoms with E-state index < -0.39 is 0 Å². The molecule has 146 valence electrons. The zero-order valence-corrected chi connectivity index (χ0v) is 16.6. The fourth-order valence-electron chi connectivity index (χ4n) is 4.17. The Morgan fingerprint density at radius 3 is 2.82 bits per heavy atom.